The number of piperazine rings is 1. The van der Waals surface area contributed by atoms with Crippen molar-refractivity contribution in [2.45, 2.75) is 96.4 Å². The van der Waals surface area contributed by atoms with E-state index in [1.807, 2.05) is 27.8 Å². The van der Waals surface area contributed by atoms with Crippen molar-refractivity contribution in [2.24, 2.45) is 5.92 Å². The van der Waals surface area contributed by atoms with E-state index in [9.17, 15) is 14.7 Å². The maximum absolute atomic E-state index is 13.8. The average Bonchev–Trinajstić information content (AvgIpc) is 3.57. The van der Waals surface area contributed by atoms with E-state index in [0.29, 0.717) is 19.4 Å². The highest BCUT2D eigenvalue weighted by molar-refractivity contribution is 6.00. The van der Waals surface area contributed by atoms with Gasteiger partial charge in [0.05, 0.1) is 17.5 Å². The van der Waals surface area contributed by atoms with Crippen molar-refractivity contribution in [3.63, 3.8) is 0 Å². The van der Waals surface area contributed by atoms with Crippen LogP contribution in [0.5, 0.6) is 0 Å². The summed E-state index contributed by atoms with van der Waals surface area (Å²) in [6, 6.07) is 9.36. The number of rotatable bonds is 8. The molecule has 1 aromatic carbocycles. The molecule has 3 fully saturated rings. The smallest absolute Gasteiger partial charge is 0.248 e. The van der Waals surface area contributed by atoms with Crippen molar-refractivity contribution in [1.29, 1.82) is 0 Å². The quantitative estimate of drug-likeness (QED) is 0.555. The van der Waals surface area contributed by atoms with E-state index in [2.05, 4.69) is 43.1 Å². The van der Waals surface area contributed by atoms with E-state index >= 15 is 0 Å². The number of amides is 2. The van der Waals surface area contributed by atoms with Gasteiger partial charge in [-0.05, 0) is 64.0 Å². The highest BCUT2D eigenvalue weighted by Gasteiger charge is 2.55. The Morgan fingerprint density at radius 3 is 2.45 bits per heavy atom. The topological polar surface area (TPSA) is 90.7 Å². The minimum atomic E-state index is -0.826. The van der Waals surface area contributed by atoms with Crippen molar-refractivity contribution >= 4 is 11.8 Å². The third kappa shape index (κ3) is 4.89. The Balaban J connectivity index is 1.31. The van der Waals surface area contributed by atoms with E-state index in [1.54, 1.807) is 0 Å². The van der Waals surface area contributed by atoms with Gasteiger partial charge in [-0.1, -0.05) is 44.4 Å². The van der Waals surface area contributed by atoms with Gasteiger partial charge in [-0.3, -0.25) is 14.5 Å². The number of aryl methyl sites for hydroxylation is 1. The number of nitrogens with zero attached hydrogens (tertiary/aromatic N) is 4. The van der Waals surface area contributed by atoms with Gasteiger partial charge in [-0.25, -0.2) is 4.68 Å². The summed E-state index contributed by atoms with van der Waals surface area (Å²) in [5, 5.41) is 18.9. The van der Waals surface area contributed by atoms with Crippen LogP contribution in [0.2, 0.25) is 0 Å². The summed E-state index contributed by atoms with van der Waals surface area (Å²) < 4.78 is 2.01. The fourth-order valence-electron chi connectivity index (χ4n) is 6.81. The number of aromatic nitrogens is 2. The van der Waals surface area contributed by atoms with Crippen LogP contribution in [0.4, 0.5) is 0 Å². The first-order chi connectivity index (χ1) is 18.4. The van der Waals surface area contributed by atoms with Crippen molar-refractivity contribution < 1.29 is 14.7 Å². The number of benzene rings is 1. The second kappa shape index (κ2) is 11.2. The zero-order valence-corrected chi connectivity index (χ0v) is 23.2. The van der Waals surface area contributed by atoms with Gasteiger partial charge in [0.1, 0.15) is 11.6 Å². The van der Waals surface area contributed by atoms with Gasteiger partial charge in [0, 0.05) is 37.4 Å². The molecular weight excluding hydrogens is 478 g/mol. The largest absolute Gasteiger partial charge is 0.390 e. The third-order valence-corrected chi connectivity index (χ3v) is 9.22. The summed E-state index contributed by atoms with van der Waals surface area (Å²) in [7, 11) is 0. The maximum Gasteiger partial charge on any atom is 0.248 e. The fourth-order valence-corrected chi connectivity index (χ4v) is 6.81. The van der Waals surface area contributed by atoms with Crippen LogP contribution in [0.3, 0.4) is 0 Å². The van der Waals surface area contributed by atoms with Gasteiger partial charge in [0.15, 0.2) is 0 Å². The van der Waals surface area contributed by atoms with Crippen molar-refractivity contribution in [2.75, 3.05) is 19.6 Å². The molecule has 2 unspecified atom stereocenters. The number of carbonyl (C=O) groups is 2. The minimum absolute atomic E-state index is 0.0841. The Bertz CT molecular complexity index is 1130. The summed E-state index contributed by atoms with van der Waals surface area (Å²) in [6.07, 6.45) is 6.23. The van der Waals surface area contributed by atoms with Crippen molar-refractivity contribution in [3.8, 4) is 5.69 Å². The van der Waals surface area contributed by atoms with Gasteiger partial charge in [0.25, 0.3) is 0 Å². The van der Waals surface area contributed by atoms with Crippen LogP contribution in [-0.4, -0.2) is 73.8 Å². The first-order valence-corrected chi connectivity index (χ1v) is 14.5. The number of aliphatic hydroxyl groups is 1. The van der Waals surface area contributed by atoms with E-state index in [0.717, 1.165) is 75.2 Å². The van der Waals surface area contributed by atoms with Crippen LogP contribution in [0, 0.1) is 19.8 Å². The third-order valence-electron chi connectivity index (χ3n) is 9.22. The first kappa shape index (κ1) is 26.9. The molecule has 1 saturated carbocycles. The number of nitrogens with one attached hydrogen (secondary N) is 1. The number of aliphatic hydroxyl groups excluding tert-OH is 1. The lowest BCUT2D eigenvalue weighted by atomic mass is 9.80. The minimum Gasteiger partial charge on any atom is -0.390 e. The maximum atomic E-state index is 13.8. The summed E-state index contributed by atoms with van der Waals surface area (Å²) in [5.74, 6) is -0.0858. The molecule has 2 N–H and O–H groups in total. The van der Waals surface area contributed by atoms with Gasteiger partial charge in [-0.15, -0.1) is 0 Å². The second-order valence-electron chi connectivity index (χ2n) is 11.5. The van der Waals surface area contributed by atoms with Crippen LogP contribution in [0.25, 0.3) is 5.69 Å². The molecule has 2 amide bonds. The zero-order valence-electron chi connectivity index (χ0n) is 23.2. The molecule has 1 spiro atoms. The van der Waals surface area contributed by atoms with Gasteiger partial charge >= 0.3 is 0 Å². The molecule has 8 nitrogen and oxygen atoms in total. The molecule has 2 saturated heterocycles. The molecule has 1 aliphatic carbocycles. The summed E-state index contributed by atoms with van der Waals surface area (Å²) in [4.78, 5) is 31.7. The lowest BCUT2D eigenvalue weighted by molar-refractivity contribution is -0.165. The van der Waals surface area contributed by atoms with Crippen LogP contribution < -0.4 is 5.32 Å². The monoisotopic (exact) mass is 521 g/mol. The highest BCUT2D eigenvalue weighted by atomic mass is 16.3. The van der Waals surface area contributed by atoms with Gasteiger partial charge < -0.3 is 15.3 Å². The molecule has 8 heteroatoms. The summed E-state index contributed by atoms with van der Waals surface area (Å²) in [5.41, 5.74) is 3.60. The van der Waals surface area contributed by atoms with Crippen molar-refractivity contribution in [1.82, 2.24) is 24.9 Å². The number of hydrogen-bond donors (Lipinski definition) is 2. The number of piperidine rings is 1. The number of hydrogen-bond acceptors (Lipinski definition) is 5. The first-order valence-electron chi connectivity index (χ1n) is 14.5. The Kier molecular flexibility index (Phi) is 7.91. The zero-order chi connectivity index (χ0) is 26.9. The Morgan fingerprint density at radius 1 is 1.11 bits per heavy atom. The van der Waals surface area contributed by atoms with Crippen LogP contribution in [-0.2, 0) is 16.1 Å². The molecular formula is C30H43N5O3. The number of likely N-dealkylation sites (tertiary alicyclic amines) is 1. The normalized spacial score (nSPS) is 23.3. The number of unbranched alkanes of at least 4 members (excludes halogenated alkanes) is 1. The molecule has 2 aliphatic heterocycles. The molecule has 3 aliphatic rings. The molecule has 3 heterocycles. The van der Waals surface area contributed by atoms with E-state index < -0.39 is 17.7 Å². The SMILES string of the molecule is CCCCN1C(=O)C(C(O)C2CCCC2)NC(=O)C12CCN(Cc1c(C)nn(-c3ccccc3)c1C)CC2. The predicted molar refractivity (Wildman–Crippen MR) is 147 cm³/mol. The summed E-state index contributed by atoms with van der Waals surface area (Å²) >= 11 is 0. The number of para-hydroxylation sites is 1. The highest BCUT2D eigenvalue weighted by Crippen LogP contribution is 2.37. The van der Waals surface area contributed by atoms with Crippen LogP contribution in [0.1, 0.15) is 75.2 Å². The van der Waals surface area contributed by atoms with E-state index in [-0.39, 0.29) is 17.7 Å². The molecule has 38 heavy (non-hydrogen) atoms. The molecule has 0 bridgehead atoms. The van der Waals surface area contributed by atoms with E-state index in [4.69, 9.17) is 5.10 Å². The lowest BCUT2D eigenvalue weighted by Crippen LogP contribution is -2.75. The molecule has 206 valence electrons. The van der Waals surface area contributed by atoms with Gasteiger partial charge in [-0.2, -0.15) is 5.10 Å². The molecule has 2 atom stereocenters. The van der Waals surface area contributed by atoms with Crippen molar-refractivity contribution in [3.05, 3.63) is 47.3 Å². The van der Waals surface area contributed by atoms with Crippen LogP contribution >= 0.6 is 0 Å². The Morgan fingerprint density at radius 2 is 1.79 bits per heavy atom. The molecule has 0 radical (unpaired) electrons. The fraction of sp³-hybridized carbons (Fsp3) is 0.633. The van der Waals surface area contributed by atoms with E-state index in [1.165, 1.54) is 5.56 Å². The van der Waals surface area contributed by atoms with Crippen LogP contribution in [0.15, 0.2) is 30.3 Å². The summed E-state index contributed by atoms with van der Waals surface area (Å²) in [6.45, 7) is 9.08. The Hall–Kier alpha value is -2.71. The Labute approximate surface area is 226 Å². The molecule has 1 aromatic heterocycles. The average molecular weight is 522 g/mol. The molecule has 5 rings (SSSR count). The van der Waals surface area contributed by atoms with Gasteiger partial charge in [0.2, 0.25) is 11.8 Å². The second-order valence-corrected chi connectivity index (χ2v) is 11.5. The lowest BCUT2D eigenvalue weighted by Gasteiger charge is -2.52. The number of carbonyl (C=O) groups excluding carboxylic acids is 2. The standard InChI is InChI=1S/C30H43N5O3/c1-4-5-17-34-28(37)26(27(36)23-11-9-10-12-23)31-29(38)30(34)15-18-33(19-16-30)20-25-21(2)32-35(22(25)3)24-13-7-6-8-14-24/h6-8,13-14,23,26-27,36H,4-5,9-12,15-20H2,1-3H3,(H,31,38). The molecule has 2 aromatic rings. The predicted octanol–water partition coefficient (Wildman–Crippen LogP) is 3.50.